The van der Waals surface area contributed by atoms with Crippen molar-refractivity contribution in [3.05, 3.63) is 35.4 Å². The summed E-state index contributed by atoms with van der Waals surface area (Å²) in [5, 5.41) is 0. The van der Waals surface area contributed by atoms with Gasteiger partial charge in [-0.1, -0.05) is 48.2 Å². The number of unbranched alkanes of at least 4 members (excludes halogenated alkanes) is 2. The van der Waals surface area contributed by atoms with Gasteiger partial charge in [0.05, 0.1) is 0 Å². The zero-order valence-electron chi connectivity index (χ0n) is 8.77. The first-order valence-electron chi connectivity index (χ1n) is 5.24. The highest BCUT2D eigenvalue weighted by Crippen LogP contribution is 2.29. The summed E-state index contributed by atoms with van der Waals surface area (Å²) in [5.41, 5.74) is 0.810. The molecule has 1 atom stereocenters. The first-order valence-corrected chi connectivity index (χ1v) is 6.15. The van der Waals surface area contributed by atoms with Crippen molar-refractivity contribution in [2.24, 2.45) is 0 Å². The Kier molecular flexibility index (Phi) is 5.23. The third-order valence-corrected chi connectivity index (χ3v) is 3.35. The van der Waals surface area contributed by atoms with E-state index in [0.29, 0.717) is 0 Å². The molecule has 0 spiro atoms. The maximum absolute atomic E-state index is 12.9. The fourth-order valence-electron chi connectivity index (χ4n) is 1.45. The smallest absolute Gasteiger partial charge is 0.159 e. The highest BCUT2D eigenvalue weighted by Gasteiger charge is 2.10. The minimum absolute atomic E-state index is 0.124. The van der Waals surface area contributed by atoms with E-state index in [-0.39, 0.29) is 4.83 Å². The second-order valence-electron chi connectivity index (χ2n) is 3.64. The van der Waals surface area contributed by atoms with Crippen molar-refractivity contribution in [2.75, 3.05) is 0 Å². The minimum Gasteiger partial charge on any atom is -0.204 e. The molecule has 1 aromatic rings. The molecule has 0 aliphatic carbocycles. The lowest BCUT2D eigenvalue weighted by Crippen LogP contribution is -1.93. The van der Waals surface area contributed by atoms with Crippen LogP contribution in [0.2, 0.25) is 0 Å². The van der Waals surface area contributed by atoms with Crippen LogP contribution in [-0.2, 0) is 0 Å². The average Bonchev–Trinajstić information content (AvgIpc) is 2.22. The Morgan fingerprint density at radius 1 is 1.20 bits per heavy atom. The SMILES string of the molecule is CCCCCC(Br)c1ccc(F)c(F)c1. The maximum Gasteiger partial charge on any atom is 0.159 e. The summed E-state index contributed by atoms with van der Waals surface area (Å²) in [6.45, 7) is 2.14. The molecule has 0 aliphatic heterocycles. The Hall–Kier alpha value is -0.440. The third-order valence-electron chi connectivity index (χ3n) is 2.37. The number of rotatable bonds is 5. The number of halogens is 3. The van der Waals surface area contributed by atoms with Crippen molar-refractivity contribution < 1.29 is 8.78 Å². The normalized spacial score (nSPS) is 12.8. The van der Waals surface area contributed by atoms with Crippen LogP contribution >= 0.6 is 15.9 Å². The van der Waals surface area contributed by atoms with Crippen LogP contribution in [0.5, 0.6) is 0 Å². The van der Waals surface area contributed by atoms with E-state index in [9.17, 15) is 8.78 Å². The van der Waals surface area contributed by atoms with Crippen LogP contribution in [0.3, 0.4) is 0 Å². The highest BCUT2D eigenvalue weighted by atomic mass is 79.9. The van der Waals surface area contributed by atoms with Gasteiger partial charge in [0.25, 0.3) is 0 Å². The first-order chi connectivity index (χ1) is 7.15. The Balaban J connectivity index is 2.57. The predicted octanol–water partition coefficient (Wildman–Crippen LogP) is 4.98. The molecule has 0 aromatic heterocycles. The van der Waals surface area contributed by atoms with E-state index in [1.54, 1.807) is 6.07 Å². The lowest BCUT2D eigenvalue weighted by molar-refractivity contribution is 0.506. The highest BCUT2D eigenvalue weighted by molar-refractivity contribution is 9.09. The Morgan fingerprint density at radius 3 is 2.53 bits per heavy atom. The zero-order chi connectivity index (χ0) is 11.3. The molecule has 0 fully saturated rings. The molecule has 84 valence electrons. The average molecular weight is 277 g/mol. The lowest BCUT2D eigenvalue weighted by Gasteiger charge is -2.09. The summed E-state index contributed by atoms with van der Waals surface area (Å²) in [6, 6.07) is 4.07. The van der Waals surface area contributed by atoms with Crippen molar-refractivity contribution in [1.82, 2.24) is 0 Å². The van der Waals surface area contributed by atoms with Gasteiger partial charge >= 0.3 is 0 Å². The topological polar surface area (TPSA) is 0 Å². The molecule has 0 radical (unpaired) electrons. The van der Waals surface area contributed by atoms with E-state index in [4.69, 9.17) is 0 Å². The fraction of sp³-hybridized carbons (Fsp3) is 0.500. The van der Waals surface area contributed by atoms with E-state index in [0.717, 1.165) is 24.8 Å². The Bertz CT molecular complexity index is 312. The maximum atomic E-state index is 12.9. The monoisotopic (exact) mass is 276 g/mol. The van der Waals surface area contributed by atoms with Crippen molar-refractivity contribution in [2.45, 2.75) is 37.4 Å². The summed E-state index contributed by atoms with van der Waals surface area (Å²) in [5.74, 6) is -1.56. The fourth-order valence-corrected chi connectivity index (χ4v) is 2.06. The van der Waals surface area contributed by atoms with E-state index >= 15 is 0 Å². The number of hydrogen-bond acceptors (Lipinski definition) is 0. The standard InChI is InChI=1S/C12H15BrF2/c1-2-3-4-5-10(13)9-6-7-11(14)12(15)8-9/h6-8,10H,2-5H2,1H3. The van der Waals surface area contributed by atoms with Gasteiger partial charge in [-0.05, 0) is 24.1 Å². The van der Waals surface area contributed by atoms with Crippen LogP contribution in [0.1, 0.15) is 43.0 Å². The Labute approximate surface area is 97.8 Å². The molecule has 0 saturated heterocycles. The number of alkyl halides is 1. The van der Waals surface area contributed by atoms with E-state index in [2.05, 4.69) is 22.9 Å². The summed E-state index contributed by atoms with van der Waals surface area (Å²) in [7, 11) is 0. The van der Waals surface area contributed by atoms with E-state index < -0.39 is 11.6 Å². The molecule has 1 aromatic carbocycles. The second kappa shape index (κ2) is 6.21. The van der Waals surface area contributed by atoms with Gasteiger partial charge in [-0.2, -0.15) is 0 Å². The van der Waals surface area contributed by atoms with Gasteiger partial charge in [0, 0.05) is 4.83 Å². The van der Waals surface area contributed by atoms with E-state index in [1.807, 2.05) is 0 Å². The molecule has 0 heterocycles. The van der Waals surface area contributed by atoms with Crippen molar-refractivity contribution >= 4 is 15.9 Å². The molecule has 0 saturated carbocycles. The van der Waals surface area contributed by atoms with Crippen molar-refractivity contribution in [3.63, 3.8) is 0 Å². The van der Waals surface area contributed by atoms with Crippen LogP contribution in [-0.4, -0.2) is 0 Å². The largest absolute Gasteiger partial charge is 0.204 e. The van der Waals surface area contributed by atoms with Gasteiger partial charge in [0.2, 0.25) is 0 Å². The molecule has 0 bridgehead atoms. The molecule has 1 unspecified atom stereocenters. The molecule has 0 amide bonds. The Morgan fingerprint density at radius 2 is 1.93 bits per heavy atom. The van der Waals surface area contributed by atoms with Crippen molar-refractivity contribution in [1.29, 1.82) is 0 Å². The molecule has 0 nitrogen and oxygen atoms in total. The van der Waals surface area contributed by atoms with Crippen LogP contribution < -0.4 is 0 Å². The van der Waals surface area contributed by atoms with E-state index in [1.165, 1.54) is 18.6 Å². The molecule has 0 aliphatic rings. The van der Waals surface area contributed by atoms with Gasteiger partial charge in [0.1, 0.15) is 0 Å². The summed E-state index contributed by atoms with van der Waals surface area (Å²) < 4.78 is 25.6. The van der Waals surface area contributed by atoms with Crippen LogP contribution in [0.15, 0.2) is 18.2 Å². The lowest BCUT2D eigenvalue weighted by atomic mass is 10.1. The second-order valence-corrected chi connectivity index (χ2v) is 4.74. The molecule has 1 rings (SSSR count). The minimum atomic E-state index is -0.785. The van der Waals surface area contributed by atoms with Gasteiger partial charge in [-0.25, -0.2) is 8.78 Å². The zero-order valence-corrected chi connectivity index (χ0v) is 10.4. The molecule has 0 N–H and O–H groups in total. The number of hydrogen-bond donors (Lipinski definition) is 0. The van der Waals surface area contributed by atoms with Crippen LogP contribution in [0.25, 0.3) is 0 Å². The van der Waals surface area contributed by atoms with Crippen LogP contribution in [0, 0.1) is 11.6 Å². The van der Waals surface area contributed by atoms with Gasteiger partial charge in [-0.15, -0.1) is 0 Å². The van der Waals surface area contributed by atoms with Gasteiger partial charge < -0.3 is 0 Å². The number of benzene rings is 1. The molecular weight excluding hydrogens is 262 g/mol. The van der Waals surface area contributed by atoms with Gasteiger partial charge in [-0.3, -0.25) is 0 Å². The third kappa shape index (κ3) is 3.90. The molecular formula is C12H15BrF2. The molecule has 3 heteroatoms. The predicted molar refractivity (Wildman–Crippen MR) is 62.2 cm³/mol. The first kappa shape index (κ1) is 12.6. The molecule has 15 heavy (non-hydrogen) atoms. The van der Waals surface area contributed by atoms with Crippen LogP contribution in [0.4, 0.5) is 8.78 Å². The summed E-state index contributed by atoms with van der Waals surface area (Å²) in [6.07, 6.45) is 4.40. The quantitative estimate of drug-likeness (QED) is 0.526. The van der Waals surface area contributed by atoms with Crippen molar-refractivity contribution in [3.8, 4) is 0 Å². The summed E-state index contributed by atoms with van der Waals surface area (Å²) in [4.78, 5) is 0.124. The summed E-state index contributed by atoms with van der Waals surface area (Å²) >= 11 is 3.49. The van der Waals surface area contributed by atoms with Gasteiger partial charge in [0.15, 0.2) is 11.6 Å².